The van der Waals surface area contributed by atoms with E-state index in [1.54, 1.807) is 30.3 Å². The number of hydrogen-bond donors (Lipinski definition) is 4. The zero-order valence-electron chi connectivity index (χ0n) is 19.8. The summed E-state index contributed by atoms with van der Waals surface area (Å²) in [7, 11) is 0. The Morgan fingerprint density at radius 3 is 2.30 bits per heavy atom. The highest BCUT2D eigenvalue weighted by atomic mass is 35.5. The standard InChI is InChI=1S/C24H29F3N4O4.2ClH/c25-24(26,27)16-5-4-8-18(13-16)30-9-11-31(12-10-30)21-19(35-20(15-32)22(21)33)14-28-23(34)29-17-6-2-1-3-7-17;;/h1-8,13,19-22,32-33H,9-12,14-15H2,(H2,28,29,34);2*1H/t19-,20+,21+,22-;;/m1../s1. The van der Waals surface area contributed by atoms with Crippen LogP contribution in [0.2, 0.25) is 0 Å². The molecule has 13 heteroatoms. The number of ether oxygens (including phenoxy) is 1. The summed E-state index contributed by atoms with van der Waals surface area (Å²) in [6.45, 7) is 1.63. The number of alkyl halides is 3. The molecule has 2 amide bonds. The molecule has 37 heavy (non-hydrogen) atoms. The fourth-order valence-electron chi connectivity index (χ4n) is 4.64. The Morgan fingerprint density at radius 1 is 1.00 bits per heavy atom. The highest BCUT2D eigenvalue weighted by Crippen LogP contribution is 2.32. The largest absolute Gasteiger partial charge is 0.416 e. The van der Waals surface area contributed by atoms with Gasteiger partial charge in [-0.15, -0.1) is 24.8 Å². The van der Waals surface area contributed by atoms with E-state index in [4.69, 9.17) is 4.74 Å². The summed E-state index contributed by atoms with van der Waals surface area (Å²) in [6, 6.07) is 13.3. The number of carbonyl (C=O) groups excluding carboxylic acids is 1. The van der Waals surface area contributed by atoms with Gasteiger partial charge < -0.3 is 30.5 Å². The van der Waals surface area contributed by atoms with Crippen LogP contribution in [0.1, 0.15) is 5.56 Å². The molecule has 2 aromatic rings. The lowest BCUT2D eigenvalue weighted by atomic mass is 10.0. The number of aliphatic hydroxyl groups excluding tert-OH is 2. The number of urea groups is 1. The van der Waals surface area contributed by atoms with Crippen LogP contribution in [0.15, 0.2) is 54.6 Å². The van der Waals surface area contributed by atoms with E-state index in [9.17, 15) is 28.2 Å². The van der Waals surface area contributed by atoms with Crippen LogP contribution in [0.3, 0.4) is 0 Å². The number of anilines is 2. The molecule has 4 atom stereocenters. The van der Waals surface area contributed by atoms with Crippen molar-refractivity contribution in [2.24, 2.45) is 0 Å². The monoisotopic (exact) mass is 566 g/mol. The van der Waals surface area contributed by atoms with Crippen LogP contribution >= 0.6 is 24.8 Å². The van der Waals surface area contributed by atoms with Gasteiger partial charge in [-0.05, 0) is 30.3 Å². The van der Waals surface area contributed by atoms with Crippen molar-refractivity contribution in [3.8, 4) is 0 Å². The summed E-state index contributed by atoms with van der Waals surface area (Å²) >= 11 is 0. The lowest BCUT2D eigenvalue weighted by Gasteiger charge is -2.41. The van der Waals surface area contributed by atoms with Gasteiger partial charge in [-0.2, -0.15) is 13.2 Å². The molecule has 2 aliphatic heterocycles. The average molecular weight is 567 g/mol. The van der Waals surface area contributed by atoms with E-state index in [0.29, 0.717) is 37.6 Å². The van der Waals surface area contributed by atoms with E-state index in [1.807, 2.05) is 15.9 Å². The Morgan fingerprint density at radius 2 is 1.68 bits per heavy atom. The van der Waals surface area contributed by atoms with Crippen LogP contribution in [-0.2, 0) is 10.9 Å². The molecule has 2 heterocycles. The summed E-state index contributed by atoms with van der Waals surface area (Å²) in [5.74, 6) is 0. The zero-order chi connectivity index (χ0) is 25.0. The number of halogens is 5. The maximum Gasteiger partial charge on any atom is 0.416 e. The third kappa shape index (κ3) is 7.62. The van der Waals surface area contributed by atoms with Crippen molar-refractivity contribution >= 4 is 42.2 Å². The minimum absolute atomic E-state index is 0. The number of nitrogens with zero attached hydrogens (tertiary/aromatic N) is 2. The van der Waals surface area contributed by atoms with Crippen molar-refractivity contribution in [3.05, 3.63) is 60.2 Å². The fourth-order valence-corrected chi connectivity index (χ4v) is 4.64. The Kier molecular flexibility index (Phi) is 11.3. The molecule has 0 radical (unpaired) electrons. The lowest BCUT2D eigenvalue weighted by molar-refractivity contribution is -0.137. The number of nitrogens with one attached hydrogen (secondary N) is 2. The molecule has 0 unspecified atom stereocenters. The van der Waals surface area contributed by atoms with Crippen molar-refractivity contribution in [1.29, 1.82) is 0 Å². The predicted molar refractivity (Wildman–Crippen MR) is 139 cm³/mol. The second-order valence-corrected chi connectivity index (χ2v) is 8.65. The Hall–Kier alpha value is -2.28. The molecule has 0 spiro atoms. The van der Waals surface area contributed by atoms with Crippen molar-refractivity contribution in [2.75, 3.05) is 49.5 Å². The highest BCUT2D eigenvalue weighted by Gasteiger charge is 2.46. The third-order valence-corrected chi connectivity index (χ3v) is 6.41. The molecule has 206 valence electrons. The molecule has 2 aliphatic rings. The average Bonchev–Trinajstić information content (AvgIpc) is 3.18. The van der Waals surface area contributed by atoms with Crippen molar-refractivity contribution in [1.82, 2.24) is 10.2 Å². The second-order valence-electron chi connectivity index (χ2n) is 8.65. The first kappa shape index (κ1) is 30.9. The van der Waals surface area contributed by atoms with E-state index < -0.39 is 42.1 Å². The maximum atomic E-state index is 13.1. The zero-order valence-corrected chi connectivity index (χ0v) is 21.4. The van der Waals surface area contributed by atoms with Gasteiger partial charge in [0.05, 0.1) is 24.3 Å². The highest BCUT2D eigenvalue weighted by molar-refractivity contribution is 5.89. The van der Waals surface area contributed by atoms with Crippen molar-refractivity contribution in [3.63, 3.8) is 0 Å². The van der Waals surface area contributed by atoms with Gasteiger partial charge in [-0.1, -0.05) is 24.3 Å². The van der Waals surface area contributed by atoms with Crippen LogP contribution in [0.4, 0.5) is 29.3 Å². The van der Waals surface area contributed by atoms with Crippen LogP contribution in [0.25, 0.3) is 0 Å². The van der Waals surface area contributed by atoms with Gasteiger partial charge in [0.15, 0.2) is 0 Å². The Balaban J connectivity index is 0.00000241. The number of benzene rings is 2. The smallest absolute Gasteiger partial charge is 0.394 e. The lowest BCUT2D eigenvalue weighted by Crippen LogP contribution is -2.57. The quantitative estimate of drug-likeness (QED) is 0.429. The summed E-state index contributed by atoms with van der Waals surface area (Å²) < 4.78 is 45.1. The topological polar surface area (TPSA) is 97.3 Å². The molecule has 2 aromatic carbocycles. The molecule has 0 bridgehead atoms. The van der Waals surface area contributed by atoms with Gasteiger partial charge in [0.1, 0.15) is 12.2 Å². The number of hydrogen-bond acceptors (Lipinski definition) is 6. The van der Waals surface area contributed by atoms with E-state index in [-0.39, 0.29) is 38.0 Å². The van der Waals surface area contributed by atoms with E-state index in [2.05, 4.69) is 10.6 Å². The number of aliphatic hydroxyl groups is 2. The first-order chi connectivity index (χ1) is 16.8. The first-order valence-corrected chi connectivity index (χ1v) is 11.5. The number of piperazine rings is 1. The minimum atomic E-state index is -4.41. The molecule has 8 nitrogen and oxygen atoms in total. The number of amides is 2. The molecule has 2 saturated heterocycles. The van der Waals surface area contributed by atoms with Gasteiger partial charge in [0.25, 0.3) is 0 Å². The van der Waals surface area contributed by atoms with Crippen LogP contribution in [-0.4, -0.2) is 84.8 Å². The first-order valence-electron chi connectivity index (χ1n) is 11.5. The molecule has 4 rings (SSSR count). The SMILES string of the molecule is Cl.Cl.O=C(NC[C@H]1O[C@@H](CO)[C@@H](O)[C@H]1N1CCN(c2cccc(C(F)(F)F)c2)CC1)Nc1ccccc1. The van der Waals surface area contributed by atoms with E-state index >= 15 is 0 Å². The summed E-state index contributed by atoms with van der Waals surface area (Å²) in [6.07, 6.45) is -6.73. The maximum absolute atomic E-state index is 13.1. The Labute approximate surface area is 225 Å². The molecular weight excluding hydrogens is 536 g/mol. The van der Waals surface area contributed by atoms with Crippen LogP contribution < -0.4 is 15.5 Å². The Bertz CT molecular complexity index is 997. The van der Waals surface area contributed by atoms with E-state index in [1.165, 1.54) is 6.07 Å². The second kappa shape index (κ2) is 13.5. The van der Waals surface area contributed by atoms with Gasteiger partial charge in [0.2, 0.25) is 0 Å². The number of carbonyl (C=O) groups is 1. The van der Waals surface area contributed by atoms with Crippen LogP contribution in [0, 0.1) is 0 Å². The summed E-state index contributed by atoms with van der Waals surface area (Å²) in [5, 5.41) is 25.9. The predicted octanol–water partition coefficient (Wildman–Crippen LogP) is 2.98. The summed E-state index contributed by atoms with van der Waals surface area (Å²) in [4.78, 5) is 16.2. The summed E-state index contributed by atoms with van der Waals surface area (Å²) in [5.41, 5.74) is 0.433. The molecule has 0 aromatic heterocycles. The van der Waals surface area contributed by atoms with Gasteiger partial charge in [0, 0.05) is 44.1 Å². The van der Waals surface area contributed by atoms with Gasteiger partial charge in [-0.3, -0.25) is 4.90 Å². The molecule has 4 N–H and O–H groups in total. The van der Waals surface area contributed by atoms with Gasteiger partial charge in [-0.25, -0.2) is 4.79 Å². The molecular formula is C24H31Cl2F3N4O4. The third-order valence-electron chi connectivity index (χ3n) is 6.41. The molecule has 2 fully saturated rings. The van der Waals surface area contributed by atoms with E-state index in [0.717, 1.165) is 12.1 Å². The van der Waals surface area contributed by atoms with Crippen molar-refractivity contribution in [2.45, 2.75) is 30.5 Å². The fraction of sp³-hybridized carbons (Fsp3) is 0.458. The molecule has 0 aliphatic carbocycles. The normalized spacial score (nSPS) is 24.1. The molecule has 0 saturated carbocycles. The van der Waals surface area contributed by atoms with Crippen molar-refractivity contribution < 1.29 is 32.9 Å². The number of para-hydroxylation sites is 1. The number of rotatable bonds is 6. The van der Waals surface area contributed by atoms with Crippen LogP contribution in [0.5, 0.6) is 0 Å². The minimum Gasteiger partial charge on any atom is -0.394 e. The van der Waals surface area contributed by atoms with Gasteiger partial charge >= 0.3 is 12.2 Å².